The first-order valence-corrected chi connectivity index (χ1v) is 13.1. The number of ketones is 1. The summed E-state index contributed by atoms with van der Waals surface area (Å²) < 4.78 is 40.2. The summed E-state index contributed by atoms with van der Waals surface area (Å²) in [6.07, 6.45) is 5.06. The van der Waals surface area contributed by atoms with Crippen molar-refractivity contribution < 1.29 is 23.0 Å². The fraction of sp³-hybridized carbons (Fsp3) is 0.281. The summed E-state index contributed by atoms with van der Waals surface area (Å²) in [6, 6.07) is 19.1. The van der Waals surface area contributed by atoms with Gasteiger partial charge in [0, 0.05) is 23.2 Å². The third kappa shape index (κ3) is 5.70. The van der Waals surface area contributed by atoms with E-state index in [1.54, 1.807) is 55.6 Å². The number of hydrogen-bond donors (Lipinski definition) is 0. The highest BCUT2D eigenvalue weighted by Gasteiger charge is 2.21. The van der Waals surface area contributed by atoms with Crippen LogP contribution < -0.4 is 9.47 Å². The van der Waals surface area contributed by atoms with Crippen molar-refractivity contribution >= 4 is 16.6 Å². The molecule has 196 valence electrons. The normalized spacial score (nSPS) is 14.3. The van der Waals surface area contributed by atoms with E-state index in [2.05, 4.69) is 4.90 Å². The first-order chi connectivity index (χ1) is 18.5. The van der Waals surface area contributed by atoms with Crippen LogP contribution in [0, 0.1) is 11.6 Å². The molecule has 1 saturated heterocycles. The molecule has 0 atom stereocenters. The summed E-state index contributed by atoms with van der Waals surface area (Å²) >= 11 is 0. The van der Waals surface area contributed by atoms with E-state index in [0.29, 0.717) is 40.2 Å². The molecule has 1 fully saturated rings. The number of methoxy groups -OCH3 is 1. The van der Waals surface area contributed by atoms with Crippen LogP contribution in [0.2, 0.25) is 0 Å². The monoisotopic (exact) mass is 515 g/mol. The smallest absolute Gasteiger partial charge is 0.194 e. The minimum atomic E-state index is -0.596. The minimum Gasteiger partial charge on any atom is -0.497 e. The second-order valence-electron chi connectivity index (χ2n) is 9.66. The number of fused-ring (bicyclic) bond motifs is 1. The SMILES string of the molecule is COc1ccc2c(C(=O)c3ccc(OCCN4CCCCCC4)cc3)c(-c3cc(F)ccc3F)ccc2c1. The molecule has 6 heteroatoms. The van der Waals surface area contributed by atoms with Crippen LogP contribution in [0.25, 0.3) is 21.9 Å². The van der Waals surface area contributed by atoms with Crippen LogP contribution >= 0.6 is 0 Å². The first-order valence-electron chi connectivity index (χ1n) is 13.1. The predicted octanol–water partition coefficient (Wildman–Crippen LogP) is 7.28. The molecule has 0 radical (unpaired) electrons. The maximum atomic E-state index is 14.8. The van der Waals surface area contributed by atoms with Crippen LogP contribution in [0.3, 0.4) is 0 Å². The van der Waals surface area contributed by atoms with Crippen molar-refractivity contribution in [1.82, 2.24) is 4.90 Å². The number of rotatable bonds is 8. The van der Waals surface area contributed by atoms with Gasteiger partial charge in [-0.2, -0.15) is 0 Å². The highest BCUT2D eigenvalue weighted by molar-refractivity contribution is 6.20. The van der Waals surface area contributed by atoms with E-state index in [0.717, 1.165) is 43.2 Å². The summed E-state index contributed by atoms with van der Waals surface area (Å²) in [7, 11) is 1.57. The molecule has 0 aromatic heterocycles. The molecule has 0 N–H and O–H groups in total. The molecule has 0 spiro atoms. The molecular weight excluding hydrogens is 484 g/mol. The first kappa shape index (κ1) is 25.9. The number of ether oxygens (including phenoxy) is 2. The van der Waals surface area contributed by atoms with Gasteiger partial charge in [-0.1, -0.05) is 25.0 Å². The molecule has 1 aliphatic heterocycles. The third-order valence-electron chi connectivity index (χ3n) is 7.16. The predicted molar refractivity (Wildman–Crippen MR) is 146 cm³/mol. The van der Waals surface area contributed by atoms with Crippen LogP contribution in [0.4, 0.5) is 8.78 Å². The van der Waals surface area contributed by atoms with Gasteiger partial charge < -0.3 is 9.47 Å². The number of benzene rings is 4. The van der Waals surface area contributed by atoms with Crippen LogP contribution in [-0.2, 0) is 0 Å². The molecule has 0 bridgehead atoms. The average Bonchev–Trinajstić information content (AvgIpc) is 3.22. The van der Waals surface area contributed by atoms with Gasteiger partial charge in [-0.05, 0) is 103 Å². The fourth-order valence-corrected chi connectivity index (χ4v) is 5.11. The van der Waals surface area contributed by atoms with Crippen molar-refractivity contribution in [3.63, 3.8) is 0 Å². The summed E-state index contributed by atoms with van der Waals surface area (Å²) in [5.74, 6) is -0.119. The Labute approximate surface area is 221 Å². The van der Waals surface area contributed by atoms with Crippen molar-refractivity contribution in [2.75, 3.05) is 33.4 Å². The topological polar surface area (TPSA) is 38.8 Å². The van der Waals surface area contributed by atoms with Gasteiger partial charge in [0.1, 0.15) is 29.7 Å². The van der Waals surface area contributed by atoms with Gasteiger partial charge in [0.15, 0.2) is 5.78 Å². The van der Waals surface area contributed by atoms with E-state index in [-0.39, 0.29) is 11.3 Å². The van der Waals surface area contributed by atoms with E-state index in [1.807, 2.05) is 6.07 Å². The number of hydrogen-bond acceptors (Lipinski definition) is 4. The molecule has 0 saturated carbocycles. The van der Waals surface area contributed by atoms with Crippen molar-refractivity contribution in [2.45, 2.75) is 25.7 Å². The summed E-state index contributed by atoms with van der Waals surface area (Å²) in [5.41, 5.74) is 1.12. The Morgan fingerprint density at radius 3 is 2.29 bits per heavy atom. The van der Waals surface area contributed by atoms with Crippen LogP contribution in [0.5, 0.6) is 11.5 Å². The lowest BCUT2D eigenvalue weighted by molar-refractivity contribution is 0.104. The molecular formula is C32H31F2NO3. The van der Waals surface area contributed by atoms with E-state index in [4.69, 9.17) is 9.47 Å². The van der Waals surface area contributed by atoms with Crippen molar-refractivity contribution in [2.24, 2.45) is 0 Å². The number of carbonyl (C=O) groups excluding carboxylic acids is 1. The van der Waals surface area contributed by atoms with Gasteiger partial charge in [-0.3, -0.25) is 9.69 Å². The highest BCUT2D eigenvalue weighted by atomic mass is 19.1. The van der Waals surface area contributed by atoms with Crippen molar-refractivity contribution in [3.8, 4) is 22.6 Å². The third-order valence-corrected chi connectivity index (χ3v) is 7.16. The molecule has 0 amide bonds. The Hall–Kier alpha value is -3.77. The molecule has 4 nitrogen and oxygen atoms in total. The van der Waals surface area contributed by atoms with Gasteiger partial charge in [-0.25, -0.2) is 8.78 Å². The second-order valence-corrected chi connectivity index (χ2v) is 9.66. The fourth-order valence-electron chi connectivity index (χ4n) is 5.11. The zero-order chi connectivity index (χ0) is 26.5. The summed E-state index contributed by atoms with van der Waals surface area (Å²) in [4.78, 5) is 16.3. The van der Waals surface area contributed by atoms with Gasteiger partial charge in [-0.15, -0.1) is 0 Å². The van der Waals surface area contributed by atoms with Crippen molar-refractivity contribution in [1.29, 1.82) is 0 Å². The van der Waals surface area contributed by atoms with E-state index < -0.39 is 11.6 Å². The molecule has 1 aliphatic rings. The second kappa shape index (κ2) is 11.7. The summed E-state index contributed by atoms with van der Waals surface area (Å²) in [6.45, 7) is 3.69. The van der Waals surface area contributed by atoms with Crippen LogP contribution in [0.15, 0.2) is 72.8 Å². The Kier molecular flexibility index (Phi) is 7.99. The number of nitrogens with zero attached hydrogens (tertiary/aromatic N) is 1. The van der Waals surface area contributed by atoms with Crippen LogP contribution in [-0.4, -0.2) is 44.0 Å². The molecule has 5 rings (SSSR count). The van der Waals surface area contributed by atoms with E-state index in [9.17, 15) is 13.6 Å². The van der Waals surface area contributed by atoms with Gasteiger partial charge in [0.2, 0.25) is 0 Å². The van der Waals surface area contributed by atoms with Gasteiger partial charge in [0.25, 0.3) is 0 Å². The maximum Gasteiger partial charge on any atom is 0.194 e. The number of carbonyl (C=O) groups is 1. The Bertz CT molecular complexity index is 1430. The lowest BCUT2D eigenvalue weighted by Crippen LogP contribution is -2.29. The zero-order valence-electron chi connectivity index (χ0n) is 21.5. The molecule has 4 aromatic rings. The minimum absolute atomic E-state index is 0.0412. The lowest BCUT2D eigenvalue weighted by Gasteiger charge is -2.19. The maximum absolute atomic E-state index is 14.8. The quantitative estimate of drug-likeness (QED) is 0.231. The average molecular weight is 516 g/mol. The number of likely N-dealkylation sites (tertiary alicyclic amines) is 1. The number of halogens is 2. The van der Waals surface area contributed by atoms with Crippen molar-refractivity contribution in [3.05, 3.63) is 95.6 Å². The molecule has 0 unspecified atom stereocenters. The summed E-state index contributed by atoms with van der Waals surface area (Å²) in [5, 5.41) is 1.40. The molecule has 4 aromatic carbocycles. The Balaban J connectivity index is 1.44. The Morgan fingerprint density at radius 1 is 0.816 bits per heavy atom. The standard InChI is InChI=1S/C32H31F2NO3/c1-37-26-12-14-27-23(20-26)8-13-28(29-21-24(33)9-15-30(29)34)31(27)32(36)22-6-10-25(11-7-22)38-19-18-35-16-4-2-3-5-17-35/h6-15,20-21H,2-5,16-19H2,1H3. The lowest BCUT2D eigenvalue weighted by atomic mass is 9.89. The van der Waals surface area contributed by atoms with Gasteiger partial charge >= 0.3 is 0 Å². The van der Waals surface area contributed by atoms with Crippen LogP contribution in [0.1, 0.15) is 41.6 Å². The van der Waals surface area contributed by atoms with E-state index in [1.165, 1.54) is 25.7 Å². The highest BCUT2D eigenvalue weighted by Crippen LogP contribution is 2.35. The van der Waals surface area contributed by atoms with Gasteiger partial charge in [0.05, 0.1) is 7.11 Å². The molecule has 1 heterocycles. The zero-order valence-corrected chi connectivity index (χ0v) is 21.5. The molecule has 38 heavy (non-hydrogen) atoms. The Morgan fingerprint density at radius 2 is 1.55 bits per heavy atom. The molecule has 0 aliphatic carbocycles. The largest absolute Gasteiger partial charge is 0.497 e. The van der Waals surface area contributed by atoms with E-state index >= 15 is 0 Å².